The molecular weight excluding hydrogens is 364 g/mol. The predicted molar refractivity (Wildman–Crippen MR) is 99.5 cm³/mol. The van der Waals surface area contributed by atoms with Gasteiger partial charge in [0.15, 0.2) is 5.76 Å². The molecule has 1 aromatic heterocycles. The first-order valence-corrected chi connectivity index (χ1v) is 9.22. The number of furan rings is 1. The van der Waals surface area contributed by atoms with Crippen LogP contribution in [0.4, 0.5) is 0 Å². The SMILES string of the molecule is COC(=O)c1ccc(OC[C@@H](O)C[NH+]2CCN(C(=O)c3ccco3)CC2)cc1. The van der Waals surface area contributed by atoms with Gasteiger partial charge in [-0.25, -0.2) is 4.79 Å². The minimum atomic E-state index is -0.623. The second-order valence-corrected chi connectivity index (χ2v) is 6.70. The van der Waals surface area contributed by atoms with E-state index in [9.17, 15) is 14.7 Å². The molecule has 1 aliphatic rings. The molecule has 0 bridgehead atoms. The normalized spacial score (nSPS) is 15.9. The van der Waals surface area contributed by atoms with Crippen LogP contribution >= 0.6 is 0 Å². The number of nitrogens with one attached hydrogen (secondary N) is 1. The molecular formula is C20H25N2O6+. The van der Waals surface area contributed by atoms with Gasteiger partial charge in [-0.2, -0.15) is 0 Å². The number of aliphatic hydroxyl groups excluding tert-OH is 1. The zero-order valence-corrected chi connectivity index (χ0v) is 15.8. The first-order valence-electron chi connectivity index (χ1n) is 9.22. The number of piperazine rings is 1. The molecule has 150 valence electrons. The Labute approximate surface area is 163 Å². The van der Waals surface area contributed by atoms with E-state index in [2.05, 4.69) is 4.74 Å². The van der Waals surface area contributed by atoms with Crippen LogP contribution < -0.4 is 9.64 Å². The minimum Gasteiger partial charge on any atom is -0.491 e. The zero-order chi connectivity index (χ0) is 19.9. The van der Waals surface area contributed by atoms with E-state index in [-0.39, 0.29) is 12.5 Å². The molecule has 1 amide bonds. The van der Waals surface area contributed by atoms with Crippen molar-refractivity contribution in [1.82, 2.24) is 4.90 Å². The largest absolute Gasteiger partial charge is 0.491 e. The van der Waals surface area contributed by atoms with Crippen LogP contribution in [0.25, 0.3) is 0 Å². The van der Waals surface area contributed by atoms with Crippen LogP contribution in [0.2, 0.25) is 0 Å². The number of carbonyl (C=O) groups is 2. The van der Waals surface area contributed by atoms with Crippen molar-refractivity contribution >= 4 is 11.9 Å². The first kappa shape index (κ1) is 19.9. The average Bonchev–Trinajstić information content (AvgIpc) is 3.27. The Bertz CT molecular complexity index is 767. The van der Waals surface area contributed by atoms with Crippen molar-refractivity contribution in [2.45, 2.75) is 6.10 Å². The summed E-state index contributed by atoms with van der Waals surface area (Å²) < 4.78 is 15.4. The summed E-state index contributed by atoms with van der Waals surface area (Å²) in [5, 5.41) is 10.3. The summed E-state index contributed by atoms with van der Waals surface area (Å²) in [6.07, 6.45) is 0.872. The zero-order valence-electron chi connectivity index (χ0n) is 15.8. The van der Waals surface area contributed by atoms with E-state index in [0.717, 1.165) is 13.1 Å². The van der Waals surface area contributed by atoms with Gasteiger partial charge in [0, 0.05) is 0 Å². The maximum absolute atomic E-state index is 12.3. The second-order valence-electron chi connectivity index (χ2n) is 6.70. The lowest BCUT2D eigenvalue weighted by molar-refractivity contribution is -0.907. The number of hydrogen-bond acceptors (Lipinski definition) is 6. The van der Waals surface area contributed by atoms with Crippen molar-refractivity contribution in [2.24, 2.45) is 0 Å². The van der Waals surface area contributed by atoms with Gasteiger partial charge in [0.1, 0.15) is 25.0 Å². The summed E-state index contributed by atoms with van der Waals surface area (Å²) in [7, 11) is 1.33. The van der Waals surface area contributed by atoms with Gasteiger partial charge in [-0.05, 0) is 36.4 Å². The van der Waals surface area contributed by atoms with Crippen LogP contribution in [0.15, 0.2) is 47.1 Å². The molecule has 1 atom stereocenters. The summed E-state index contributed by atoms with van der Waals surface area (Å²) in [4.78, 5) is 26.7. The number of methoxy groups -OCH3 is 1. The van der Waals surface area contributed by atoms with Crippen LogP contribution in [0.1, 0.15) is 20.9 Å². The van der Waals surface area contributed by atoms with E-state index in [4.69, 9.17) is 9.15 Å². The third-order valence-electron chi connectivity index (χ3n) is 4.73. The lowest BCUT2D eigenvalue weighted by atomic mass is 10.2. The van der Waals surface area contributed by atoms with Gasteiger partial charge in [-0.15, -0.1) is 0 Å². The highest BCUT2D eigenvalue weighted by atomic mass is 16.5. The molecule has 2 aromatic rings. The Morgan fingerprint density at radius 2 is 1.93 bits per heavy atom. The molecule has 0 saturated carbocycles. The summed E-state index contributed by atoms with van der Waals surface area (Å²) in [5.74, 6) is 0.439. The molecule has 0 radical (unpaired) electrons. The van der Waals surface area contributed by atoms with E-state index in [0.29, 0.717) is 36.7 Å². The maximum atomic E-state index is 12.3. The predicted octanol–water partition coefficient (Wildman–Crippen LogP) is -0.153. The van der Waals surface area contributed by atoms with Crippen molar-refractivity contribution in [3.8, 4) is 5.75 Å². The number of aliphatic hydroxyl groups is 1. The highest BCUT2D eigenvalue weighted by molar-refractivity contribution is 5.91. The number of amides is 1. The quantitative estimate of drug-likeness (QED) is 0.640. The molecule has 1 fully saturated rings. The van der Waals surface area contributed by atoms with Crippen LogP contribution in [-0.2, 0) is 4.74 Å². The van der Waals surface area contributed by atoms with Crippen molar-refractivity contribution < 1.29 is 33.5 Å². The Kier molecular flexibility index (Phi) is 6.67. The smallest absolute Gasteiger partial charge is 0.337 e. The topological polar surface area (TPSA) is 93.7 Å². The number of hydrogen-bond donors (Lipinski definition) is 2. The molecule has 2 heterocycles. The van der Waals surface area contributed by atoms with Crippen LogP contribution in [0.5, 0.6) is 5.75 Å². The minimum absolute atomic E-state index is 0.0941. The van der Waals surface area contributed by atoms with Crippen molar-refractivity contribution in [3.63, 3.8) is 0 Å². The monoisotopic (exact) mass is 389 g/mol. The third-order valence-corrected chi connectivity index (χ3v) is 4.73. The fourth-order valence-corrected chi connectivity index (χ4v) is 3.18. The van der Waals surface area contributed by atoms with Gasteiger partial charge < -0.3 is 28.8 Å². The molecule has 0 aliphatic carbocycles. The molecule has 3 rings (SSSR count). The Morgan fingerprint density at radius 3 is 2.54 bits per heavy atom. The number of benzene rings is 1. The van der Waals surface area contributed by atoms with Crippen LogP contribution in [0.3, 0.4) is 0 Å². The molecule has 1 saturated heterocycles. The van der Waals surface area contributed by atoms with E-state index in [1.165, 1.54) is 18.3 Å². The molecule has 8 nitrogen and oxygen atoms in total. The summed E-state index contributed by atoms with van der Waals surface area (Å²) in [6.45, 7) is 3.47. The Hall–Kier alpha value is -2.84. The molecule has 0 unspecified atom stereocenters. The molecule has 0 spiro atoms. The van der Waals surface area contributed by atoms with Gasteiger partial charge >= 0.3 is 5.97 Å². The number of esters is 1. The summed E-state index contributed by atoms with van der Waals surface area (Å²) in [6, 6.07) is 9.95. The molecule has 1 aromatic carbocycles. The van der Waals surface area contributed by atoms with Gasteiger partial charge in [0.2, 0.25) is 0 Å². The van der Waals surface area contributed by atoms with Gasteiger partial charge in [0.25, 0.3) is 5.91 Å². The number of carbonyl (C=O) groups excluding carboxylic acids is 2. The van der Waals surface area contributed by atoms with E-state index in [1.807, 2.05) is 0 Å². The van der Waals surface area contributed by atoms with Gasteiger partial charge in [-0.3, -0.25) is 4.79 Å². The number of nitrogens with zero attached hydrogens (tertiary/aromatic N) is 1. The highest BCUT2D eigenvalue weighted by Crippen LogP contribution is 2.13. The van der Waals surface area contributed by atoms with Crippen molar-refractivity contribution in [2.75, 3.05) is 46.4 Å². The summed E-state index contributed by atoms with van der Waals surface area (Å²) in [5.41, 5.74) is 0.446. The highest BCUT2D eigenvalue weighted by Gasteiger charge is 2.27. The Morgan fingerprint density at radius 1 is 1.21 bits per heavy atom. The van der Waals surface area contributed by atoms with E-state index < -0.39 is 12.1 Å². The average molecular weight is 389 g/mol. The Balaban J connectivity index is 1.39. The van der Waals surface area contributed by atoms with Crippen LogP contribution in [0, 0.1) is 0 Å². The van der Waals surface area contributed by atoms with Crippen molar-refractivity contribution in [1.29, 1.82) is 0 Å². The number of rotatable bonds is 7. The standard InChI is InChI=1S/C20H24N2O6/c1-26-20(25)15-4-6-17(7-5-15)28-14-16(23)13-21-8-10-22(11-9-21)19(24)18-3-2-12-27-18/h2-7,12,16,23H,8-11,13-14H2,1H3/p+1/t16-/m0/s1. The van der Waals surface area contributed by atoms with Gasteiger partial charge in [0.05, 0.1) is 45.1 Å². The molecule has 1 aliphatic heterocycles. The molecule has 28 heavy (non-hydrogen) atoms. The second kappa shape index (κ2) is 9.38. The third kappa shape index (κ3) is 5.11. The van der Waals surface area contributed by atoms with Gasteiger partial charge in [-0.1, -0.05) is 0 Å². The lowest BCUT2D eigenvalue weighted by Gasteiger charge is -2.32. The first-order chi connectivity index (χ1) is 13.6. The summed E-state index contributed by atoms with van der Waals surface area (Å²) >= 11 is 0. The van der Waals surface area contributed by atoms with Crippen molar-refractivity contribution in [3.05, 3.63) is 54.0 Å². The van der Waals surface area contributed by atoms with E-state index >= 15 is 0 Å². The fraction of sp³-hybridized carbons (Fsp3) is 0.400. The number of ether oxygens (including phenoxy) is 2. The molecule has 2 N–H and O–H groups in total. The fourth-order valence-electron chi connectivity index (χ4n) is 3.18. The lowest BCUT2D eigenvalue weighted by Crippen LogP contribution is -3.16. The molecule has 8 heteroatoms. The van der Waals surface area contributed by atoms with Crippen LogP contribution in [-0.4, -0.2) is 74.4 Å². The maximum Gasteiger partial charge on any atom is 0.337 e. The van der Waals surface area contributed by atoms with E-state index in [1.54, 1.807) is 41.3 Å². The number of quaternary nitrogens is 1.